The maximum Gasteiger partial charge on any atom is 0.234 e. The van der Waals surface area contributed by atoms with Crippen LogP contribution >= 0.6 is 23.4 Å². The maximum absolute atomic E-state index is 12.2. The first-order chi connectivity index (χ1) is 11.5. The lowest BCUT2D eigenvalue weighted by molar-refractivity contribution is -0.113. The predicted molar refractivity (Wildman–Crippen MR) is 99.8 cm³/mol. The lowest BCUT2D eigenvalue weighted by Crippen LogP contribution is -2.16. The van der Waals surface area contributed by atoms with Crippen molar-refractivity contribution in [2.24, 2.45) is 0 Å². The van der Waals surface area contributed by atoms with Crippen LogP contribution < -0.4 is 5.32 Å². The second-order valence-corrected chi connectivity index (χ2v) is 7.14. The minimum atomic E-state index is -0.100. The topological polar surface area (TPSA) is 59.8 Å². The summed E-state index contributed by atoms with van der Waals surface area (Å²) in [6, 6.07) is 3.85. The third-order valence-corrected chi connectivity index (χ3v) is 4.89. The van der Waals surface area contributed by atoms with Gasteiger partial charge < -0.3 is 9.88 Å². The molecule has 0 aliphatic carbocycles. The number of nitrogens with one attached hydrogen (secondary N) is 1. The minimum Gasteiger partial charge on any atom is -0.324 e. The number of unbranched alkanes of at least 4 members (excludes halogenated alkanes) is 2. The van der Waals surface area contributed by atoms with Crippen molar-refractivity contribution >= 4 is 35.0 Å². The number of amides is 1. The van der Waals surface area contributed by atoms with Crippen LogP contribution in [0.2, 0.25) is 5.02 Å². The van der Waals surface area contributed by atoms with Crippen LogP contribution in [0.15, 0.2) is 23.6 Å². The lowest BCUT2D eigenvalue weighted by atomic mass is 10.1. The molecule has 0 spiro atoms. The van der Waals surface area contributed by atoms with Crippen LogP contribution in [0, 0.1) is 13.8 Å². The third-order valence-electron chi connectivity index (χ3n) is 3.61. The molecule has 0 aliphatic heterocycles. The van der Waals surface area contributed by atoms with Crippen molar-refractivity contribution in [2.45, 2.75) is 51.7 Å². The number of halogens is 1. The highest BCUT2D eigenvalue weighted by Crippen LogP contribution is 2.27. The van der Waals surface area contributed by atoms with Gasteiger partial charge in [0.25, 0.3) is 0 Å². The summed E-state index contributed by atoms with van der Waals surface area (Å²) < 4.78 is 2.00. The molecule has 7 heteroatoms. The van der Waals surface area contributed by atoms with E-state index < -0.39 is 0 Å². The fourth-order valence-electron chi connectivity index (χ4n) is 2.42. The Morgan fingerprint density at radius 1 is 1.33 bits per heavy atom. The lowest BCUT2D eigenvalue weighted by Gasteiger charge is -2.11. The Kier molecular flexibility index (Phi) is 7.12. The summed E-state index contributed by atoms with van der Waals surface area (Å²) >= 11 is 7.61. The van der Waals surface area contributed by atoms with Gasteiger partial charge in [-0.3, -0.25) is 4.79 Å². The van der Waals surface area contributed by atoms with Gasteiger partial charge in [0, 0.05) is 6.54 Å². The Bertz CT molecular complexity index is 679. The van der Waals surface area contributed by atoms with Crippen LogP contribution in [0.3, 0.4) is 0 Å². The molecule has 5 nitrogen and oxygen atoms in total. The number of hydrogen-bond donors (Lipinski definition) is 1. The van der Waals surface area contributed by atoms with Crippen LogP contribution in [0.5, 0.6) is 0 Å². The van der Waals surface area contributed by atoms with Gasteiger partial charge in [-0.05, 0) is 37.5 Å². The largest absolute Gasteiger partial charge is 0.324 e. The number of benzene rings is 1. The number of aromatic nitrogens is 3. The molecule has 1 aromatic carbocycles. The Labute approximate surface area is 152 Å². The van der Waals surface area contributed by atoms with Crippen LogP contribution in [0.4, 0.5) is 5.69 Å². The van der Waals surface area contributed by atoms with Gasteiger partial charge in [0.05, 0.1) is 16.5 Å². The van der Waals surface area contributed by atoms with Gasteiger partial charge in [-0.15, -0.1) is 10.2 Å². The number of thioether (sulfide) groups is 1. The van der Waals surface area contributed by atoms with Gasteiger partial charge in [-0.1, -0.05) is 49.2 Å². The Morgan fingerprint density at radius 2 is 2.12 bits per heavy atom. The number of hydrogen-bond acceptors (Lipinski definition) is 4. The van der Waals surface area contributed by atoms with Crippen LogP contribution in [-0.2, 0) is 11.3 Å². The van der Waals surface area contributed by atoms with E-state index in [1.165, 1.54) is 24.6 Å². The molecule has 2 rings (SSSR count). The zero-order valence-electron chi connectivity index (χ0n) is 14.3. The van der Waals surface area contributed by atoms with Crippen molar-refractivity contribution in [3.05, 3.63) is 34.6 Å². The second kappa shape index (κ2) is 9.08. The van der Waals surface area contributed by atoms with Crippen LogP contribution in [-0.4, -0.2) is 26.4 Å². The summed E-state index contributed by atoms with van der Waals surface area (Å²) in [5.41, 5.74) is 2.71. The quantitative estimate of drug-likeness (QED) is 0.553. The van der Waals surface area contributed by atoms with E-state index in [2.05, 4.69) is 22.4 Å². The second-order valence-electron chi connectivity index (χ2n) is 5.79. The van der Waals surface area contributed by atoms with E-state index in [0.29, 0.717) is 10.7 Å². The van der Waals surface area contributed by atoms with Crippen LogP contribution in [0.1, 0.15) is 37.3 Å². The van der Waals surface area contributed by atoms with E-state index in [-0.39, 0.29) is 11.7 Å². The van der Waals surface area contributed by atoms with Crippen molar-refractivity contribution in [2.75, 3.05) is 11.1 Å². The molecule has 2 aromatic rings. The molecule has 0 saturated carbocycles. The monoisotopic (exact) mass is 366 g/mol. The minimum absolute atomic E-state index is 0.100. The highest BCUT2D eigenvalue weighted by atomic mass is 35.5. The molecule has 1 amide bonds. The van der Waals surface area contributed by atoms with Crippen molar-refractivity contribution in [1.82, 2.24) is 14.8 Å². The van der Waals surface area contributed by atoms with E-state index in [1.807, 2.05) is 30.5 Å². The fourth-order valence-corrected chi connectivity index (χ4v) is 3.53. The zero-order chi connectivity index (χ0) is 17.5. The molecular weight excluding hydrogens is 344 g/mol. The fraction of sp³-hybridized carbons (Fsp3) is 0.471. The van der Waals surface area contributed by atoms with Gasteiger partial charge in [0.1, 0.15) is 6.33 Å². The molecule has 24 heavy (non-hydrogen) atoms. The van der Waals surface area contributed by atoms with Crippen molar-refractivity contribution in [3.63, 3.8) is 0 Å². The number of rotatable bonds is 8. The molecule has 0 bridgehead atoms. The standard InChI is InChI=1S/C17H23ClN4OS/c1-4-5-6-7-22-11-19-21-17(22)24-10-15(23)20-16-13(3)8-12(2)9-14(16)18/h8-9,11H,4-7,10H2,1-3H3,(H,20,23). The van der Waals surface area contributed by atoms with Gasteiger partial charge in [-0.25, -0.2) is 0 Å². The first-order valence-corrected chi connectivity index (χ1v) is 9.44. The molecule has 0 saturated heterocycles. The SMILES string of the molecule is CCCCCn1cnnc1SCC(=O)Nc1c(C)cc(C)cc1Cl. The molecule has 0 radical (unpaired) electrons. The molecule has 0 fully saturated rings. The molecular formula is C17H23ClN4OS. The molecule has 0 aliphatic rings. The molecule has 1 heterocycles. The van der Waals surface area contributed by atoms with E-state index in [1.54, 1.807) is 6.33 Å². The first-order valence-electron chi connectivity index (χ1n) is 8.08. The first kappa shape index (κ1) is 18.8. The number of nitrogens with zero attached hydrogens (tertiary/aromatic N) is 3. The average molecular weight is 367 g/mol. The van der Waals surface area contributed by atoms with Gasteiger partial charge in [0.2, 0.25) is 5.91 Å². The smallest absolute Gasteiger partial charge is 0.234 e. The zero-order valence-corrected chi connectivity index (χ0v) is 15.9. The summed E-state index contributed by atoms with van der Waals surface area (Å²) in [5, 5.41) is 12.3. The Balaban J connectivity index is 1.91. The summed E-state index contributed by atoms with van der Waals surface area (Å²) in [6.45, 7) is 6.97. The van der Waals surface area contributed by atoms with Crippen molar-refractivity contribution < 1.29 is 4.79 Å². The summed E-state index contributed by atoms with van der Waals surface area (Å²) in [5.74, 6) is 0.174. The highest BCUT2D eigenvalue weighted by molar-refractivity contribution is 7.99. The average Bonchev–Trinajstić information content (AvgIpc) is 2.96. The number of carbonyl (C=O) groups is 1. The normalized spacial score (nSPS) is 10.8. The Morgan fingerprint density at radius 3 is 2.83 bits per heavy atom. The number of carbonyl (C=O) groups excluding carboxylic acids is 1. The third kappa shape index (κ3) is 5.24. The van der Waals surface area contributed by atoms with Gasteiger partial charge >= 0.3 is 0 Å². The maximum atomic E-state index is 12.2. The van der Waals surface area contributed by atoms with Crippen molar-refractivity contribution in [3.8, 4) is 0 Å². The highest BCUT2D eigenvalue weighted by Gasteiger charge is 2.12. The van der Waals surface area contributed by atoms with E-state index in [9.17, 15) is 4.79 Å². The Hall–Kier alpha value is -1.53. The summed E-state index contributed by atoms with van der Waals surface area (Å²) in [7, 11) is 0. The predicted octanol–water partition coefficient (Wildman–Crippen LogP) is 4.47. The number of anilines is 1. The summed E-state index contributed by atoms with van der Waals surface area (Å²) in [4.78, 5) is 12.2. The number of aryl methyl sites for hydroxylation is 3. The van der Waals surface area contributed by atoms with Gasteiger partial charge in [0.15, 0.2) is 5.16 Å². The molecule has 0 atom stereocenters. The van der Waals surface area contributed by atoms with E-state index in [4.69, 9.17) is 11.6 Å². The van der Waals surface area contributed by atoms with E-state index >= 15 is 0 Å². The van der Waals surface area contributed by atoms with E-state index in [0.717, 1.165) is 29.2 Å². The molecule has 1 N–H and O–H groups in total. The van der Waals surface area contributed by atoms with Crippen LogP contribution in [0.25, 0.3) is 0 Å². The van der Waals surface area contributed by atoms with Crippen molar-refractivity contribution in [1.29, 1.82) is 0 Å². The molecule has 130 valence electrons. The van der Waals surface area contributed by atoms with Gasteiger partial charge in [-0.2, -0.15) is 0 Å². The summed E-state index contributed by atoms with van der Waals surface area (Å²) in [6.07, 6.45) is 5.15. The molecule has 0 unspecified atom stereocenters. The molecule has 1 aromatic heterocycles.